The Bertz CT molecular complexity index is 1060. The van der Waals surface area contributed by atoms with Crippen LogP contribution in [0.1, 0.15) is 30.9 Å². The largest absolute Gasteiger partial charge is 0.504 e. The van der Waals surface area contributed by atoms with Crippen molar-refractivity contribution < 1.29 is 10.2 Å². The van der Waals surface area contributed by atoms with Crippen molar-refractivity contribution in [2.45, 2.75) is 37.6 Å². The van der Waals surface area contributed by atoms with E-state index < -0.39 is 0 Å². The lowest BCUT2D eigenvalue weighted by atomic mass is 9.92. The van der Waals surface area contributed by atoms with E-state index in [1.54, 1.807) is 6.07 Å². The van der Waals surface area contributed by atoms with Crippen LogP contribution in [0.15, 0.2) is 85.1 Å². The van der Waals surface area contributed by atoms with Crippen molar-refractivity contribution in [2.24, 2.45) is 0 Å². The van der Waals surface area contributed by atoms with E-state index in [1.807, 2.05) is 31.2 Å². The van der Waals surface area contributed by atoms with Crippen molar-refractivity contribution in [1.29, 1.82) is 0 Å². The van der Waals surface area contributed by atoms with Gasteiger partial charge in [0.05, 0.1) is 6.04 Å². The highest BCUT2D eigenvalue weighted by molar-refractivity contribution is 5.67. The van der Waals surface area contributed by atoms with Crippen LogP contribution in [-0.2, 0) is 11.8 Å². The summed E-state index contributed by atoms with van der Waals surface area (Å²) < 4.78 is 0. The minimum atomic E-state index is -0.198. The summed E-state index contributed by atoms with van der Waals surface area (Å²) in [5, 5.41) is 26.5. The van der Waals surface area contributed by atoms with Gasteiger partial charge in [-0.25, -0.2) is 0 Å². The molecule has 0 amide bonds. The number of benzene rings is 2. The highest BCUT2D eigenvalue weighted by atomic mass is 16.3. The van der Waals surface area contributed by atoms with Gasteiger partial charge in [-0.1, -0.05) is 43.5 Å². The summed E-state index contributed by atoms with van der Waals surface area (Å²) in [6.07, 6.45) is 10.9. The van der Waals surface area contributed by atoms with Gasteiger partial charge < -0.3 is 20.8 Å². The number of hydrogen-bond donors (Lipinski definition) is 4. The molecule has 154 valence electrons. The van der Waals surface area contributed by atoms with Crippen LogP contribution < -0.4 is 10.6 Å². The third-order valence-corrected chi connectivity index (χ3v) is 6.07. The molecule has 2 aromatic carbocycles. The Morgan fingerprint density at radius 2 is 1.90 bits per heavy atom. The Hall–Kier alpha value is -3.40. The Morgan fingerprint density at radius 1 is 1.10 bits per heavy atom. The molecular formula is C26H28N2O2. The normalized spacial score (nSPS) is 18.9. The number of rotatable bonds is 7. The zero-order chi connectivity index (χ0) is 21.3. The zero-order valence-corrected chi connectivity index (χ0v) is 17.3. The highest BCUT2D eigenvalue weighted by Gasteiger charge is 2.47. The molecule has 0 saturated heterocycles. The summed E-state index contributed by atoms with van der Waals surface area (Å²) in [6.45, 7) is 10.5. The number of allylic oxidation sites excluding steroid dienone is 4. The molecule has 0 radical (unpaired) electrons. The van der Waals surface area contributed by atoms with Gasteiger partial charge in [-0.2, -0.15) is 0 Å². The number of phenolic OH excluding ortho intramolecular Hbond substituents is 2. The fourth-order valence-corrected chi connectivity index (χ4v) is 4.07. The van der Waals surface area contributed by atoms with Crippen molar-refractivity contribution >= 4 is 11.4 Å². The van der Waals surface area contributed by atoms with Crippen LogP contribution in [0.25, 0.3) is 0 Å². The van der Waals surface area contributed by atoms with Gasteiger partial charge in [0.25, 0.3) is 0 Å². The Morgan fingerprint density at radius 3 is 2.60 bits per heavy atom. The molecule has 1 saturated carbocycles. The molecule has 1 unspecified atom stereocenters. The molecule has 2 aliphatic rings. The van der Waals surface area contributed by atoms with E-state index in [9.17, 15) is 10.2 Å². The molecule has 0 spiro atoms. The monoisotopic (exact) mass is 400 g/mol. The summed E-state index contributed by atoms with van der Waals surface area (Å²) in [4.78, 5) is 0. The Labute approximate surface area is 178 Å². The molecule has 1 atom stereocenters. The molecule has 0 aromatic heterocycles. The molecule has 0 bridgehead atoms. The van der Waals surface area contributed by atoms with Crippen molar-refractivity contribution in [2.75, 3.05) is 10.6 Å². The molecule has 4 nitrogen and oxygen atoms in total. The van der Waals surface area contributed by atoms with Crippen LogP contribution in [0.5, 0.6) is 11.5 Å². The van der Waals surface area contributed by atoms with Crippen LogP contribution >= 0.6 is 0 Å². The lowest BCUT2D eigenvalue weighted by molar-refractivity contribution is 0.402. The molecule has 1 heterocycles. The van der Waals surface area contributed by atoms with E-state index in [0.717, 1.165) is 47.5 Å². The van der Waals surface area contributed by atoms with Crippen LogP contribution in [0.4, 0.5) is 11.4 Å². The number of anilines is 2. The van der Waals surface area contributed by atoms with Crippen LogP contribution in [0.2, 0.25) is 0 Å². The first kappa shape index (κ1) is 19.9. The summed E-state index contributed by atoms with van der Waals surface area (Å²) >= 11 is 0. The van der Waals surface area contributed by atoms with Gasteiger partial charge in [0.2, 0.25) is 0 Å². The van der Waals surface area contributed by atoms with Crippen molar-refractivity contribution in [3.63, 3.8) is 0 Å². The maximum absolute atomic E-state index is 9.88. The second-order valence-electron chi connectivity index (χ2n) is 8.12. The second kappa shape index (κ2) is 7.79. The smallest absolute Gasteiger partial charge is 0.157 e. The summed E-state index contributed by atoms with van der Waals surface area (Å²) in [6, 6.07) is 11.6. The van der Waals surface area contributed by atoms with Crippen LogP contribution in [0, 0.1) is 0 Å². The lowest BCUT2D eigenvalue weighted by Crippen LogP contribution is -2.16. The fraction of sp³-hybridized carbons (Fsp3) is 0.231. The van der Waals surface area contributed by atoms with E-state index >= 15 is 0 Å². The maximum atomic E-state index is 9.88. The zero-order valence-electron chi connectivity index (χ0n) is 17.3. The van der Waals surface area contributed by atoms with Gasteiger partial charge in [-0.3, -0.25) is 0 Å². The molecule has 4 heteroatoms. The Kier molecular flexibility index (Phi) is 5.17. The van der Waals surface area contributed by atoms with E-state index in [2.05, 4.69) is 48.1 Å². The average molecular weight is 401 g/mol. The SMILES string of the molecule is C=C(/C=C\C=C/C)C1Cc2cc(NC(=C)C3(c4ccc(O)c(O)c4)CC3)ccc2N1. The first-order chi connectivity index (χ1) is 14.4. The molecule has 30 heavy (non-hydrogen) atoms. The lowest BCUT2D eigenvalue weighted by Gasteiger charge is -2.21. The van der Waals surface area contributed by atoms with Crippen molar-refractivity contribution in [1.82, 2.24) is 0 Å². The summed E-state index contributed by atoms with van der Waals surface area (Å²) in [5.74, 6) is -0.194. The van der Waals surface area contributed by atoms with Crippen LogP contribution in [-0.4, -0.2) is 16.3 Å². The van der Waals surface area contributed by atoms with Gasteiger partial charge >= 0.3 is 0 Å². The Balaban J connectivity index is 1.46. The number of aromatic hydroxyl groups is 2. The topological polar surface area (TPSA) is 64.5 Å². The quantitative estimate of drug-likeness (QED) is 0.351. The van der Waals surface area contributed by atoms with Gasteiger partial charge in [-0.05, 0) is 73.2 Å². The predicted molar refractivity (Wildman–Crippen MR) is 124 cm³/mol. The standard InChI is InChI=1S/C26H28N2O2/c1-4-5-6-7-17(2)23-15-19-14-21(9-10-22(19)28-23)27-18(3)26(12-13-26)20-8-11-24(29)25(30)16-20/h4-11,14,16,23,27-30H,2-3,12-13,15H2,1H3/b5-4-,7-6-. The molecule has 4 N–H and O–H groups in total. The molecule has 2 aromatic rings. The minimum Gasteiger partial charge on any atom is -0.504 e. The van der Waals surface area contributed by atoms with E-state index in [-0.39, 0.29) is 23.0 Å². The number of hydrogen-bond acceptors (Lipinski definition) is 4. The van der Waals surface area contributed by atoms with E-state index in [4.69, 9.17) is 0 Å². The van der Waals surface area contributed by atoms with Gasteiger partial charge in [0, 0.05) is 22.5 Å². The van der Waals surface area contributed by atoms with Gasteiger partial charge in [0.1, 0.15) is 0 Å². The fourth-order valence-electron chi connectivity index (χ4n) is 4.07. The van der Waals surface area contributed by atoms with E-state index in [0.29, 0.717) is 0 Å². The molecule has 1 fully saturated rings. The first-order valence-electron chi connectivity index (χ1n) is 10.3. The first-order valence-corrected chi connectivity index (χ1v) is 10.3. The third kappa shape index (κ3) is 3.73. The van der Waals surface area contributed by atoms with Gasteiger partial charge in [0.15, 0.2) is 11.5 Å². The number of nitrogens with one attached hydrogen (secondary N) is 2. The molecular weight excluding hydrogens is 372 g/mol. The van der Waals surface area contributed by atoms with Crippen LogP contribution in [0.3, 0.4) is 0 Å². The highest BCUT2D eigenvalue weighted by Crippen LogP contribution is 2.54. The minimum absolute atomic E-state index is 0.0927. The molecule has 4 rings (SSSR count). The van der Waals surface area contributed by atoms with Crippen molar-refractivity contribution in [3.05, 3.63) is 96.3 Å². The van der Waals surface area contributed by atoms with E-state index in [1.165, 1.54) is 11.6 Å². The van der Waals surface area contributed by atoms with Crippen molar-refractivity contribution in [3.8, 4) is 11.5 Å². The summed E-state index contributed by atoms with van der Waals surface area (Å²) in [5.41, 5.74) is 6.15. The number of phenols is 2. The number of fused-ring (bicyclic) bond motifs is 1. The second-order valence-corrected chi connectivity index (χ2v) is 8.12. The average Bonchev–Trinajstić information content (AvgIpc) is 3.43. The molecule has 1 aliphatic carbocycles. The summed E-state index contributed by atoms with van der Waals surface area (Å²) in [7, 11) is 0. The molecule has 1 aliphatic heterocycles. The maximum Gasteiger partial charge on any atom is 0.157 e. The third-order valence-electron chi connectivity index (χ3n) is 6.07. The van der Waals surface area contributed by atoms with Gasteiger partial charge in [-0.15, -0.1) is 0 Å². The predicted octanol–water partition coefficient (Wildman–Crippen LogP) is 5.78.